The van der Waals surface area contributed by atoms with Crippen LogP contribution in [0.15, 0.2) is 91.4 Å². The van der Waals surface area contributed by atoms with Gasteiger partial charge in [0.25, 0.3) is 23.3 Å². The van der Waals surface area contributed by atoms with E-state index in [1.807, 2.05) is 0 Å². The van der Waals surface area contributed by atoms with E-state index >= 15 is 0 Å². The van der Waals surface area contributed by atoms with Gasteiger partial charge in [-0.05, 0) is 48.6 Å². The van der Waals surface area contributed by atoms with E-state index in [9.17, 15) is 0 Å². The van der Waals surface area contributed by atoms with Crippen LogP contribution in [-0.4, -0.2) is 41.1 Å². The number of hydrogen-bond acceptors (Lipinski definition) is 4. The number of allylic oxidation sites excluding steroid dienone is 12. The Morgan fingerprint density at radius 3 is 1.08 bits per heavy atom. The minimum absolute atomic E-state index is 0.823. The maximum Gasteiger partial charge on any atom is 0.293 e. The topological polar surface area (TPSA) is 84.7 Å². The lowest BCUT2D eigenvalue weighted by atomic mass is 10.0. The molecule has 0 fully saturated rings. The summed E-state index contributed by atoms with van der Waals surface area (Å²) in [6, 6.07) is 0. The van der Waals surface area contributed by atoms with Crippen LogP contribution in [-0.2, 0) is 56.4 Å². The summed E-state index contributed by atoms with van der Waals surface area (Å²) < 4.78 is 18.1. The van der Waals surface area contributed by atoms with E-state index in [1.165, 1.54) is 45.6 Å². The van der Waals surface area contributed by atoms with Gasteiger partial charge in [0.2, 0.25) is 0 Å². The highest BCUT2D eigenvalue weighted by atomic mass is 15.2. The van der Waals surface area contributed by atoms with Crippen LogP contribution in [0.2, 0.25) is 0 Å². The molecule has 0 unspecified atom stereocenters. The molecular weight excluding hydrogens is 745 g/mol. The second-order valence-electron chi connectivity index (χ2n) is 16.8. The molecule has 0 spiro atoms. The van der Waals surface area contributed by atoms with E-state index in [-0.39, 0.29) is 0 Å². The van der Waals surface area contributed by atoms with Crippen molar-refractivity contribution >= 4 is 45.1 Å². The summed E-state index contributed by atoms with van der Waals surface area (Å²) in [5, 5.41) is 0. The van der Waals surface area contributed by atoms with Crippen molar-refractivity contribution in [1.82, 2.24) is 18.3 Å². The maximum absolute atomic E-state index is 5.60. The Bertz CT molecular complexity index is 3000. The lowest BCUT2D eigenvalue weighted by molar-refractivity contribution is -0.679. The smallest absolute Gasteiger partial charge is 0.248 e. The number of aromatic nitrogens is 8. The summed E-state index contributed by atoms with van der Waals surface area (Å²) >= 11 is 0. The molecule has 0 aliphatic carbocycles. The van der Waals surface area contributed by atoms with Crippen LogP contribution >= 0.6 is 0 Å². The maximum atomic E-state index is 5.60. The van der Waals surface area contributed by atoms with Gasteiger partial charge in [-0.25, -0.2) is 56.5 Å². The molecule has 8 bridgehead atoms. The van der Waals surface area contributed by atoms with Gasteiger partial charge in [0.05, 0.1) is 108 Å². The monoisotopic (exact) mass is 800 g/mol. The van der Waals surface area contributed by atoms with Crippen LogP contribution in [0.4, 0.5) is 0 Å². The van der Waals surface area contributed by atoms with E-state index in [2.05, 4.69) is 197 Å². The molecule has 0 amide bonds. The Kier molecular flexibility index (Phi) is 8.75. The zero-order chi connectivity index (χ0) is 43.0. The van der Waals surface area contributed by atoms with Gasteiger partial charge >= 0.3 is 0 Å². The number of aliphatic imine (C=N–C) groups is 4. The minimum atomic E-state index is 0.823. The summed E-state index contributed by atoms with van der Waals surface area (Å²) in [5.41, 5.74) is 20.1. The normalized spacial score (nSPS) is 17.2. The molecule has 0 radical (unpaired) electrons. The average Bonchev–Trinajstić information content (AvgIpc) is 4.13. The number of fused-ring (bicyclic) bond motifs is 4. The number of rotatable bonds is 4. The SMILES string of the molecule is Cc1c(C)[n+](C)c(C2=CC3=C(c4n(C)c(C)c(C)[n+]4C)C4=NC(=C(c5n(C)c(C)c(C)[n+]5C)C5=NC(=C(c6n(C)c(C)c(C)[n+]6C)C6=NC(=CC2=N3)C=C6)C=C5)C=C4)n1C. The first-order chi connectivity index (χ1) is 28.4. The molecule has 0 saturated heterocycles. The van der Waals surface area contributed by atoms with Crippen LogP contribution in [0.3, 0.4) is 0 Å². The second-order valence-corrected chi connectivity index (χ2v) is 16.8. The quantitative estimate of drug-likeness (QED) is 0.266. The van der Waals surface area contributed by atoms with Gasteiger partial charge in [-0.2, -0.15) is 0 Å². The van der Waals surface area contributed by atoms with Gasteiger partial charge < -0.3 is 0 Å². The van der Waals surface area contributed by atoms with Crippen LogP contribution in [0.1, 0.15) is 68.8 Å². The van der Waals surface area contributed by atoms with Crippen LogP contribution in [0.25, 0.3) is 22.3 Å². The predicted octanol–water partition coefficient (Wildman–Crippen LogP) is 4.81. The van der Waals surface area contributed by atoms with E-state index in [4.69, 9.17) is 20.0 Å². The van der Waals surface area contributed by atoms with Crippen molar-refractivity contribution in [3.05, 3.63) is 140 Å². The first-order valence-electron chi connectivity index (χ1n) is 20.6. The summed E-state index contributed by atoms with van der Waals surface area (Å²) in [7, 11) is 17.1. The number of nitrogens with zero attached hydrogens (tertiary/aromatic N) is 12. The molecule has 4 aromatic rings. The molecule has 4 aromatic heterocycles. The highest BCUT2D eigenvalue weighted by Gasteiger charge is 2.39. The lowest BCUT2D eigenvalue weighted by Gasteiger charge is -2.09. The molecule has 5 aliphatic rings. The summed E-state index contributed by atoms with van der Waals surface area (Å²) in [4.78, 5) is 22.1. The van der Waals surface area contributed by atoms with Crippen molar-refractivity contribution in [2.75, 3.05) is 0 Å². The molecule has 12 nitrogen and oxygen atoms in total. The van der Waals surface area contributed by atoms with E-state index in [1.54, 1.807) is 0 Å². The third-order valence-corrected chi connectivity index (χ3v) is 14.1. The third kappa shape index (κ3) is 5.35. The molecule has 0 aromatic carbocycles. The zero-order valence-corrected chi connectivity index (χ0v) is 38.0. The van der Waals surface area contributed by atoms with Crippen LogP contribution in [0, 0.1) is 55.4 Å². The van der Waals surface area contributed by atoms with Gasteiger partial charge in [0, 0.05) is 55.4 Å². The highest BCUT2D eigenvalue weighted by Crippen LogP contribution is 2.38. The lowest BCUT2D eigenvalue weighted by Crippen LogP contribution is -2.36. The van der Waals surface area contributed by atoms with Gasteiger partial charge in [0.15, 0.2) is 0 Å². The number of imidazole rings is 4. The second kappa shape index (κ2) is 13.5. The van der Waals surface area contributed by atoms with Crippen LogP contribution < -0.4 is 18.3 Å². The molecule has 9 rings (SSSR count). The van der Waals surface area contributed by atoms with Gasteiger partial charge in [-0.1, -0.05) is 0 Å². The van der Waals surface area contributed by atoms with Crippen molar-refractivity contribution in [1.29, 1.82) is 0 Å². The fourth-order valence-corrected chi connectivity index (χ4v) is 9.43. The summed E-state index contributed by atoms with van der Waals surface area (Å²) in [6.07, 6.45) is 17.2. The Morgan fingerprint density at radius 1 is 0.367 bits per heavy atom. The molecule has 5 aliphatic heterocycles. The molecule has 0 N–H and O–H groups in total. The van der Waals surface area contributed by atoms with Gasteiger partial charge in [-0.15, -0.1) is 0 Å². The minimum Gasteiger partial charge on any atom is -0.248 e. The Hall–Kier alpha value is -6.56. The Morgan fingerprint density at radius 2 is 0.700 bits per heavy atom. The van der Waals surface area contributed by atoms with E-state index < -0.39 is 0 Å². The van der Waals surface area contributed by atoms with E-state index in [0.717, 1.165) is 91.2 Å². The first kappa shape index (κ1) is 38.9. The largest absolute Gasteiger partial charge is 0.293 e. The van der Waals surface area contributed by atoms with Crippen molar-refractivity contribution < 1.29 is 18.3 Å². The predicted molar refractivity (Wildman–Crippen MR) is 238 cm³/mol. The van der Waals surface area contributed by atoms with Crippen molar-refractivity contribution in [2.45, 2.75) is 55.4 Å². The standard InChI is InChI=1S/C48H56N12/c1-25-26(2)54(10)45(53(25)9)34-24-41-44(48-59(15)31(7)32(8)60(48)16)39-22-21-38(51-39)43(47-57(13)29(5)30(6)58(47)14)37-20-19-36(50-37)42(46-55(11)27(3)28(4)56(46)12)35-18-17-33(49-35)23-40(34)52-41/h17-24H,1-16H3/q+4. The first-order valence-corrected chi connectivity index (χ1v) is 20.6. The van der Waals surface area contributed by atoms with Crippen LogP contribution in [0.5, 0.6) is 0 Å². The molecule has 304 valence electrons. The summed E-state index contributed by atoms with van der Waals surface area (Å²) in [6.45, 7) is 17.4. The van der Waals surface area contributed by atoms with Crippen molar-refractivity contribution in [3.8, 4) is 0 Å². The summed E-state index contributed by atoms with van der Waals surface area (Å²) in [5.74, 6) is 4.15. The van der Waals surface area contributed by atoms with Crippen molar-refractivity contribution in [2.24, 2.45) is 76.4 Å². The fraction of sp³-hybridized carbons (Fsp3) is 0.333. The molecular formula is C48H56N12+4. The fourth-order valence-electron chi connectivity index (χ4n) is 9.43. The molecule has 12 heteroatoms. The van der Waals surface area contributed by atoms with Crippen molar-refractivity contribution in [3.63, 3.8) is 0 Å². The molecule has 9 heterocycles. The highest BCUT2D eigenvalue weighted by molar-refractivity contribution is 6.38. The molecule has 60 heavy (non-hydrogen) atoms. The number of hydrogen-bond donors (Lipinski definition) is 0. The van der Waals surface area contributed by atoms with Gasteiger partial charge in [0.1, 0.15) is 62.3 Å². The molecule has 0 saturated carbocycles. The average molecular weight is 801 g/mol. The zero-order valence-electron chi connectivity index (χ0n) is 38.0. The molecule has 0 atom stereocenters. The van der Waals surface area contributed by atoms with Gasteiger partial charge in [-0.3, -0.25) is 0 Å². The van der Waals surface area contributed by atoms with E-state index in [0.29, 0.717) is 0 Å². The Balaban J connectivity index is 1.44. The Labute approximate surface area is 352 Å². The third-order valence-electron chi connectivity index (χ3n) is 14.1.